The van der Waals surface area contributed by atoms with E-state index in [0.717, 1.165) is 116 Å². The second kappa shape index (κ2) is 70.8. The fourth-order valence-electron chi connectivity index (χ4n) is 10.2. The van der Waals surface area contributed by atoms with Crippen molar-refractivity contribution in [3.63, 3.8) is 0 Å². The lowest BCUT2D eigenvalue weighted by molar-refractivity contribution is -0.167. The minimum atomic E-state index is -0.784. The Balaban J connectivity index is 4.26. The van der Waals surface area contributed by atoms with E-state index >= 15 is 0 Å². The van der Waals surface area contributed by atoms with Crippen LogP contribution in [0.15, 0.2) is 97.2 Å². The molecule has 0 heterocycles. The molecule has 0 aliphatic heterocycles. The Morgan fingerprint density at radius 1 is 0.253 bits per heavy atom. The predicted octanol–water partition coefficient (Wildman–Crippen LogP) is 24.8. The zero-order chi connectivity index (χ0) is 59.9. The number of hydrogen-bond acceptors (Lipinski definition) is 6. The van der Waals surface area contributed by atoms with Gasteiger partial charge in [-0.05, 0) is 96.3 Å². The molecule has 0 saturated heterocycles. The summed E-state index contributed by atoms with van der Waals surface area (Å²) in [5.41, 5.74) is 0. The Kier molecular flexibility index (Phi) is 67.7. The van der Waals surface area contributed by atoms with Crippen LogP contribution in [0.25, 0.3) is 0 Å². The van der Waals surface area contributed by atoms with E-state index < -0.39 is 6.10 Å². The van der Waals surface area contributed by atoms with Crippen molar-refractivity contribution in [3.8, 4) is 0 Å². The number of unbranched alkanes of at least 4 members (excludes halogenated alkanes) is 38. The number of ether oxygens (including phenoxy) is 3. The molecular formula is C77H134O6. The summed E-state index contributed by atoms with van der Waals surface area (Å²) >= 11 is 0. The third-order valence-corrected chi connectivity index (χ3v) is 15.6. The Morgan fingerprint density at radius 2 is 0.482 bits per heavy atom. The summed E-state index contributed by atoms with van der Waals surface area (Å²) in [5, 5.41) is 0. The number of carbonyl (C=O) groups is 3. The molecule has 0 bridgehead atoms. The van der Waals surface area contributed by atoms with E-state index in [2.05, 4.69) is 118 Å². The van der Waals surface area contributed by atoms with Gasteiger partial charge in [0, 0.05) is 19.3 Å². The summed E-state index contributed by atoms with van der Waals surface area (Å²) in [5.74, 6) is -0.876. The molecule has 0 N–H and O–H groups in total. The lowest BCUT2D eigenvalue weighted by Gasteiger charge is -2.18. The highest BCUT2D eigenvalue weighted by Gasteiger charge is 2.19. The van der Waals surface area contributed by atoms with E-state index in [9.17, 15) is 14.4 Å². The second-order valence-electron chi connectivity index (χ2n) is 23.8. The lowest BCUT2D eigenvalue weighted by Crippen LogP contribution is -2.30. The number of hydrogen-bond donors (Lipinski definition) is 0. The van der Waals surface area contributed by atoms with E-state index in [4.69, 9.17) is 14.2 Å². The first kappa shape index (κ1) is 79.3. The predicted molar refractivity (Wildman–Crippen MR) is 362 cm³/mol. The molecule has 0 aromatic rings. The molecule has 0 aliphatic carbocycles. The van der Waals surface area contributed by atoms with Crippen molar-refractivity contribution >= 4 is 17.9 Å². The summed E-state index contributed by atoms with van der Waals surface area (Å²) < 4.78 is 17.0. The molecule has 0 amide bonds. The van der Waals surface area contributed by atoms with Crippen LogP contribution in [0.2, 0.25) is 0 Å². The fraction of sp³-hybridized carbons (Fsp3) is 0.753. The maximum atomic E-state index is 13.0. The van der Waals surface area contributed by atoms with E-state index in [1.54, 1.807) is 0 Å². The molecule has 0 aliphatic rings. The van der Waals surface area contributed by atoms with Gasteiger partial charge in [0.2, 0.25) is 0 Å². The SMILES string of the molecule is CC/C=C\C/C=C\C/C=C\C/C=C\C/C=C\C/C=C\CCCCCCCCCCCCCCC(=O)OCC(COC(=O)CCCCCCC/C=C\C/C=C\CCCC)OC(=O)CCCCCCCCCCCCCCCCCCCCCC. The van der Waals surface area contributed by atoms with Crippen LogP contribution in [0.3, 0.4) is 0 Å². The monoisotopic (exact) mass is 1160 g/mol. The van der Waals surface area contributed by atoms with E-state index in [0.29, 0.717) is 19.3 Å². The molecule has 0 aromatic heterocycles. The molecule has 0 rings (SSSR count). The van der Waals surface area contributed by atoms with Crippen LogP contribution in [0.1, 0.15) is 355 Å². The van der Waals surface area contributed by atoms with Crippen molar-refractivity contribution in [3.05, 3.63) is 97.2 Å². The summed E-state index contributed by atoms with van der Waals surface area (Å²) in [4.78, 5) is 38.4. The first-order valence-corrected chi connectivity index (χ1v) is 35.7. The van der Waals surface area contributed by atoms with Gasteiger partial charge in [0.25, 0.3) is 0 Å². The van der Waals surface area contributed by atoms with Crippen molar-refractivity contribution in [2.75, 3.05) is 13.2 Å². The Labute approximate surface area is 515 Å². The summed E-state index contributed by atoms with van der Waals surface area (Å²) in [6.45, 7) is 6.52. The van der Waals surface area contributed by atoms with Crippen LogP contribution >= 0.6 is 0 Å². The zero-order valence-electron chi connectivity index (χ0n) is 54.9. The highest BCUT2D eigenvalue weighted by Crippen LogP contribution is 2.18. The third-order valence-electron chi connectivity index (χ3n) is 15.6. The molecular weight excluding hydrogens is 1020 g/mol. The second-order valence-corrected chi connectivity index (χ2v) is 23.8. The molecule has 1 unspecified atom stereocenters. The molecule has 0 spiro atoms. The quantitative estimate of drug-likeness (QED) is 0.0261. The molecule has 1 atom stereocenters. The normalized spacial score (nSPS) is 12.7. The van der Waals surface area contributed by atoms with E-state index in [-0.39, 0.29) is 31.1 Å². The standard InChI is InChI=1S/C77H134O6/c1-4-7-10-13-16-19-22-25-28-30-32-34-35-36-37-38-39-40-41-42-43-44-46-47-49-52-55-58-61-64-67-70-76(79)82-73-74(72-81-75(78)69-66-63-60-57-54-51-27-24-21-18-15-12-9-6-3)83-77(80)71-68-65-62-59-56-53-50-48-45-33-31-29-26-23-20-17-14-11-8-5-2/h7,10,15-16,18-19,24-25,27-28,32,34,36-37,39-40,74H,4-6,8-9,11-14,17,20-23,26,29-31,33,35,38,41-73H2,1-3H3/b10-7-,18-15-,19-16-,27-24-,28-25-,34-32-,37-36-,40-39-. The largest absolute Gasteiger partial charge is 0.462 e. The number of carbonyl (C=O) groups excluding carboxylic acids is 3. The Morgan fingerprint density at radius 3 is 0.771 bits per heavy atom. The van der Waals surface area contributed by atoms with Crippen molar-refractivity contribution in [2.24, 2.45) is 0 Å². The Hall–Kier alpha value is -3.67. The van der Waals surface area contributed by atoms with Crippen LogP contribution in [-0.2, 0) is 28.6 Å². The van der Waals surface area contributed by atoms with Crippen LogP contribution in [0.5, 0.6) is 0 Å². The van der Waals surface area contributed by atoms with Gasteiger partial charge in [-0.3, -0.25) is 14.4 Å². The van der Waals surface area contributed by atoms with E-state index in [1.165, 1.54) is 199 Å². The van der Waals surface area contributed by atoms with Gasteiger partial charge in [-0.25, -0.2) is 0 Å². The maximum absolute atomic E-state index is 13.0. The lowest BCUT2D eigenvalue weighted by atomic mass is 10.0. The molecule has 83 heavy (non-hydrogen) atoms. The first-order chi connectivity index (χ1) is 41.0. The van der Waals surface area contributed by atoms with Gasteiger partial charge < -0.3 is 14.2 Å². The smallest absolute Gasteiger partial charge is 0.306 e. The Bertz CT molecular complexity index is 1610. The molecule has 0 radical (unpaired) electrons. The van der Waals surface area contributed by atoms with Crippen molar-refractivity contribution in [2.45, 2.75) is 361 Å². The van der Waals surface area contributed by atoms with Crippen LogP contribution < -0.4 is 0 Å². The molecule has 6 nitrogen and oxygen atoms in total. The number of esters is 3. The van der Waals surface area contributed by atoms with Crippen molar-refractivity contribution < 1.29 is 28.6 Å². The van der Waals surface area contributed by atoms with Gasteiger partial charge in [0.1, 0.15) is 13.2 Å². The summed E-state index contributed by atoms with van der Waals surface area (Å²) in [7, 11) is 0. The van der Waals surface area contributed by atoms with Crippen molar-refractivity contribution in [1.29, 1.82) is 0 Å². The minimum Gasteiger partial charge on any atom is -0.462 e. The van der Waals surface area contributed by atoms with E-state index in [1.807, 2.05) is 0 Å². The molecule has 478 valence electrons. The summed E-state index contributed by atoms with van der Waals surface area (Å²) in [6.07, 6.45) is 95.8. The maximum Gasteiger partial charge on any atom is 0.306 e. The molecule has 0 aromatic carbocycles. The highest BCUT2D eigenvalue weighted by atomic mass is 16.6. The van der Waals surface area contributed by atoms with Gasteiger partial charge in [-0.2, -0.15) is 0 Å². The average Bonchev–Trinajstić information content (AvgIpc) is 3.49. The van der Waals surface area contributed by atoms with Crippen LogP contribution in [-0.4, -0.2) is 37.2 Å². The van der Waals surface area contributed by atoms with Crippen LogP contribution in [0, 0.1) is 0 Å². The first-order valence-electron chi connectivity index (χ1n) is 35.7. The van der Waals surface area contributed by atoms with Gasteiger partial charge >= 0.3 is 17.9 Å². The minimum absolute atomic E-state index is 0.0792. The molecule has 0 saturated carbocycles. The topological polar surface area (TPSA) is 78.9 Å². The molecule has 6 heteroatoms. The average molecular weight is 1160 g/mol. The summed E-state index contributed by atoms with van der Waals surface area (Å²) in [6, 6.07) is 0. The zero-order valence-corrected chi connectivity index (χ0v) is 54.9. The number of allylic oxidation sites excluding steroid dienone is 16. The highest BCUT2D eigenvalue weighted by molar-refractivity contribution is 5.71. The van der Waals surface area contributed by atoms with Crippen LogP contribution in [0.4, 0.5) is 0 Å². The number of rotatable bonds is 65. The fourth-order valence-corrected chi connectivity index (χ4v) is 10.2. The van der Waals surface area contributed by atoms with Gasteiger partial charge in [-0.1, -0.05) is 336 Å². The van der Waals surface area contributed by atoms with Gasteiger partial charge in [0.15, 0.2) is 6.10 Å². The van der Waals surface area contributed by atoms with Gasteiger partial charge in [0.05, 0.1) is 0 Å². The molecule has 0 fully saturated rings. The van der Waals surface area contributed by atoms with Gasteiger partial charge in [-0.15, -0.1) is 0 Å². The third kappa shape index (κ3) is 69.0. The van der Waals surface area contributed by atoms with Crippen molar-refractivity contribution in [1.82, 2.24) is 0 Å².